The van der Waals surface area contributed by atoms with Crippen LogP contribution < -0.4 is 16.0 Å². The van der Waals surface area contributed by atoms with Gasteiger partial charge in [-0.15, -0.1) is 0 Å². The van der Waals surface area contributed by atoms with E-state index in [1.165, 1.54) is 25.7 Å². The number of aliphatic imine (C=N–C) groups is 1. The standard InChI is InChI=1S/C20H35N5O2/c1-21-19(27)14-6-8-16(9-7-14)23-20(22-12-18(26)25(2)3)24-17-11-13-4-5-15(17)10-13/h13-17H,4-12H2,1-3H3,(H,21,27)(H2,22,23,24). The maximum atomic E-state index is 12.0. The largest absolute Gasteiger partial charge is 0.359 e. The van der Waals surface area contributed by atoms with Crippen molar-refractivity contribution in [2.45, 2.75) is 63.5 Å². The Balaban J connectivity index is 1.57. The maximum Gasteiger partial charge on any atom is 0.243 e. The number of nitrogens with zero attached hydrogens (tertiary/aromatic N) is 2. The lowest BCUT2D eigenvalue weighted by molar-refractivity contribution is -0.127. The van der Waals surface area contributed by atoms with Crippen molar-refractivity contribution in [1.82, 2.24) is 20.9 Å². The average molecular weight is 378 g/mol. The lowest BCUT2D eigenvalue weighted by atomic mass is 9.85. The van der Waals surface area contributed by atoms with Crippen LogP contribution in [0.1, 0.15) is 51.4 Å². The van der Waals surface area contributed by atoms with Crippen molar-refractivity contribution in [3.05, 3.63) is 0 Å². The van der Waals surface area contributed by atoms with E-state index in [-0.39, 0.29) is 24.3 Å². The van der Waals surface area contributed by atoms with E-state index in [1.807, 2.05) is 0 Å². The van der Waals surface area contributed by atoms with Gasteiger partial charge < -0.3 is 20.9 Å². The van der Waals surface area contributed by atoms with Crippen LogP contribution in [-0.4, -0.2) is 62.4 Å². The van der Waals surface area contributed by atoms with Crippen molar-refractivity contribution in [1.29, 1.82) is 0 Å². The van der Waals surface area contributed by atoms with Crippen molar-refractivity contribution in [2.75, 3.05) is 27.7 Å². The molecule has 3 rings (SSSR count). The summed E-state index contributed by atoms with van der Waals surface area (Å²) in [6, 6.07) is 0.789. The zero-order valence-electron chi connectivity index (χ0n) is 17.0. The van der Waals surface area contributed by atoms with Gasteiger partial charge in [0.2, 0.25) is 11.8 Å². The number of nitrogens with one attached hydrogen (secondary N) is 3. The molecule has 0 aromatic carbocycles. The van der Waals surface area contributed by atoms with Crippen molar-refractivity contribution < 1.29 is 9.59 Å². The average Bonchev–Trinajstić information content (AvgIpc) is 3.28. The van der Waals surface area contributed by atoms with Gasteiger partial charge in [0.15, 0.2) is 5.96 Å². The van der Waals surface area contributed by atoms with Gasteiger partial charge >= 0.3 is 0 Å². The number of rotatable bonds is 5. The first-order valence-electron chi connectivity index (χ1n) is 10.5. The smallest absolute Gasteiger partial charge is 0.243 e. The molecule has 0 aromatic rings. The molecule has 7 heteroatoms. The number of guanidine groups is 1. The van der Waals surface area contributed by atoms with Gasteiger partial charge in [-0.05, 0) is 56.8 Å². The Morgan fingerprint density at radius 2 is 1.74 bits per heavy atom. The van der Waals surface area contributed by atoms with Crippen LogP contribution in [0, 0.1) is 17.8 Å². The number of hydrogen-bond donors (Lipinski definition) is 3. The Labute approximate surface area is 162 Å². The van der Waals surface area contributed by atoms with Crippen LogP contribution in [0.5, 0.6) is 0 Å². The van der Waals surface area contributed by atoms with Gasteiger partial charge in [-0.3, -0.25) is 9.59 Å². The topological polar surface area (TPSA) is 85.8 Å². The van der Waals surface area contributed by atoms with Gasteiger partial charge in [-0.25, -0.2) is 4.99 Å². The van der Waals surface area contributed by atoms with Crippen LogP contribution in [0.2, 0.25) is 0 Å². The van der Waals surface area contributed by atoms with E-state index in [9.17, 15) is 9.59 Å². The fourth-order valence-corrected chi connectivity index (χ4v) is 4.92. The van der Waals surface area contributed by atoms with E-state index < -0.39 is 0 Å². The predicted octanol–water partition coefficient (Wildman–Crippen LogP) is 1.10. The maximum absolute atomic E-state index is 12.0. The van der Waals surface area contributed by atoms with Crippen LogP contribution >= 0.6 is 0 Å². The lowest BCUT2D eigenvalue weighted by Crippen LogP contribution is -2.50. The minimum atomic E-state index is 0.00682. The highest BCUT2D eigenvalue weighted by molar-refractivity contribution is 5.85. The van der Waals surface area contributed by atoms with E-state index in [4.69, 9.17) is 0 Å². The third-order valence-electron chi connectivity index (χ3n) is 6.62. The number of fused-ring (bicyclic) bond motifs is 2. The molecular weight excluding hydrogens is 342 g/mol. The molecule has 3 atom stereocenters. The van der Waals surface area contributed by atoms with Crippen molar-refractivity contribution in [2.24, 2.45) is 22.7 Å². The van der Waals surface area contributed by atoms with Gasteiger partial charge in [0.1, 0.15) is 6.54 Å². The molecule has 7 nitrogen and oxygen atoms in total. The zero-order chi connectivity index (χ0) is 19.4. The highest BCUT2D eigenvalue weighted by atomic mass is 16.2. The van der Waals surface area contributed by atoms with Gasteiger partial charge in [-0.1, -0.05) is 6.42 Å². The fourth-order valence-electron chi connectivity index (χ4n) is 4.92. The predicted molar refractivity (Wildman–Crippen MR) is 106 cm³/mol. The summed E-state index contributed by atoms with van der Waals surface area (Å²) in [6.07, 6.45) is 8.93. The van der Waals surface area contributed by atoms with E-state index in [0.717, 1.165) is 43.5 Å². The normalized spacial score (nSPS) is 32.9. The molecule has 3 aliphatic carbocycles. The molecule has 3 N–H and O–H groups in total. The highest BCUT2D eigenvalue weighted by Gasteiger charge is 2.40. The molecule has 2 bridgehead atoms. The zero-order valence-corrected chi connectivity index (χ0v) is 17.0. The number of hydrogen-bond acceptors (Lipinski definition) is 3. The van der Waals surface area contributed by atoms with E-state index >= 15 is 0 Å². The molecule has 3 unspecified atom stereocenters. The summed E-state index contributed by atoms with van der Waals surface area (Å²) >= 11 is 0. The molecule has 152 valence electrons. The molecule has 27 heavy (non-hydrogen) atoms. The molecule has 3 aliphatic rings. The number of carbonyl (C=O) groups excluding carboxylic acids is 2. The number of amides is 2. The van der Waals surface area contributed by atoms with Crippen molar-refractivity contribution in [3.8, 4) is 0 Å². The molecule has 0 spiro atoms. The molecule has 3 saturated carbocycles. The summed E-state index contributed by atoms with van der Waals surface area (Å²) in [4.78, 5) is 30.0. The Bertz CT molecular complexity index is 569. The summed E-state index contributed by atoms with van der Waals surface area (Å²) in [5.41, 5.74) is 0. The van der Waals surface area contributed by atoms with Gasteiger partial charge in [0, 0.05) is 39.1 Å². The Morgan fingerprint density at radius 3 is 2.30 bits per heavy atom. The molecule has 0 heterocycles. The molecule has 0 aliphatic heterocycles. The molecule has 0 radical (unpaired) electrons. The molecular formula is C20H35N5O2. The quantitative estimate of drug-likeness (QED) is 0.495. The SMILES string of the molecule is CNC(=O)C1CCC(NC(=NCC(=O)N(C)C)NC2CC3CCC2C3)CC1. The third-order valence-corrected chi connectivity index (χ3v) is 6.62. The van der Waals surface area contributed by atoms with Gasteiger partial charge in [-0.2, -0.15) is 0 Å². The van der Waals surface area contributed by atoms with Crippen LogP contribution in [0.4, 0.5) is 0 Å². The first-order valence-corrected chi connectivity index (χ1v) is 10.5. The van der Waals surface area contributed by atoms with E-state index in [0.29, 0.717) is 12.1 Å². The van der Waals surface area contributed by atoms with Crippen LogP contribution in [0.25, 0.3) is 0 Å². The monoisotopic (exact) mass is 377 g/mol. The third kappa shape index (κ3) is 5.14. The Morgan fingerprint density at radius 1 is 1.00 bits per heavy atom. The summed E-state index contributed by atoms with van der Waals surface area (Å²) in [5, 5.41) is 9.93. The van der Waals surface area contributed by atoms with E-state index in [2.05, 4.69) is 20.9 Å². The first-order chi connectivity index (χ1) is 13.0. The second kappa shape index (κ2) is 8.93. The van der Waals surface area contributed by atoms with Crippen LogP contribution in [0.15, 0.2) is 4.99 Å². The van der Waals surface area contributed by atoms with Crippen molar-refractivity contribution in [3.63, 3.8) is 0 Å². The minimum Gasteiger partial charge on any atom is -0.359 e. The minimum absolute atomic E-state index is 0.00682. The summed E-state index contributed by atoms with van der Waals surface area (Å²) in [5.74, 6) is 2.66. The molecule has 2 amide bonds. The first kappa shape index (κ1) is 20.0. The van der Waals surface area contributed by atoms with Crippen LogP contribution in [0.3, 0.4) is 0 Å². The Kier molecular flexibility index (Phi) is 6.60. The Hall–Kier alpha value is -1.79. The summed E-state index contributed by atoms with van der Waals surface area (Å²) < 4.78 is 0. The van der Waals surface area contributed by atoms with Crippen molar-refractivity contribution >= 4 is 17.8 Å². The second-order valence-electron chi connectivity index (χ2n) is 8.69. The van der Waals surface area contributed by atoms with Gasteiger partial charge in [0.25, 0.3) is 0 Å². The summed E-state index contributed by atoms with van der Waals surface area (Å²) in [7, 11) is 5.22. The molecule has 0 saturated heterocycles. The number of carbonyl (C=O) groups is 2. The summed E-state index contributed by atoms with van der Waals surface area (Å²) in [6.45, 7) is 0.163. The molecule has 3 fully saturated rings. The molecule has 0 aromatic heterocycles. The highest BCUT2D eigenvalue weighted by Crippen LogP contribution is 2.44. The number of likely N-dealkylation sites (N-methyl/N-ethyl adjacent to an activating group) is 1. The van der Waals surface area contributed by atoms with Gasteiger partial charge in [0.05, 0.1) is 0 Å². The fraction of sp³-hybridized carbons (Fsp3) is 0.850. The lowest BCUT2D eigenvalue weighted by Gasteiger charge is -2.31. The second-order valence-corrected chi connectivity index (χ2v) is 8.69. The van der Waals surface area contributed by atoms with E-state index in [1.54, 1.807) is 26.0 Å². The van der Waals surface area contributed by atoms with Crippen LogP contribution in [-0.2, 0) is 9.59 Å².